The van der Waals surface area contributed by atoms with Crippen LogP contribution in [0.2, 0.25) is 0 Å². The number of hydrogen-bond donors (Lipinski definition) is 5. The van der Waals surface area contributed by atoms with Crippen LogP contribution in [0.1, 0.15) is 0 Å². The molecule has 6 N–H and O–H groups in total. The minimum atomic E-state index is -2.62. The predicted molar refractivity (Wildman–Crippen MR) is 30.3 cm³/mol. The molecule has 9 heavy (non-hydrogen) atoms. The first-order chi connectivity index (χ1) is 4.00. The molecule has 0 aliphatic carbocycles. The van der Waals surface area contributed by atoms with Crippen LogP contribution in [0.15, 0.2) is 0 Å². The van der Waals surface area contributed by atoms with E-state index in [1.54, 1.807) is 0 Å². The third kappa shape index (κ3) is 84.2. The van der Waals surface area contributed by atoms with Crippen molar-refractivity contribution in [2.24, 2.45) is 5.73 Å². The summed E-state index contributed by atoms with van der Waals surface area (Å²) in [4.78, 5) is 30.9. The molecule has 0 aliphatic heterocycles. The molecule has 0 heterocycles. The zero-order chi connectivity index (χ0) is 7.86. The van der Waals surface area contributed by atoms with Gasteiger partial charge >= 0.3 is 14.6 Å². The molecule has 7 heteroatoms. The number of aliphatic carboxylic acids is 1. The molecular weight excluding hydrogens is 149 g/mol. The standard InChI is InChI=1S/C2H5NO2.H3O3P/c3-1-2(4)5;1-4(2)3/h1,3H2,(H,4,5);1-3H. The van der Waals surface area contributed by atoms with Crippen molar-refractivity contribution in [1.29, 1.82) is 0 Å². The SMILES string of the molecule is NCC(=O)O.OP(O)O. The lowest BCUT2D eigenvalue weighted by Crippen LogP contribution is -2.10. The third-order valence-electron chi connectivity index (χ3n) is 0.175. The van der Waals surface area contributed by atoms with Gasteiger partial charge in [0.1, 0.15) is 0 Å². The Balaban J connectivity index is 0. The van der Waals surface area contributed by atoms with E-state index < -0.39 is 14.6 Å². The predicted octanol–water partition coefficient (Wildman–Crippen LogP) is -1.78. The van der Waals surface area contributed by atoms with Gasteiger partial charge in [-0.2, -0.15) is 0 Å². The molecule has 0 spiro atoms. The molecule has 0 saturated heterocycles. The minimum Gasteiger partial charge on any atom is -0.480 e. The summed E-state index contributed by atoms with van der Waals surface area (Å²) in [7, 11) is -2.62. The van der Waals surface area contributed by atoms with E-state index >= 15 is 0 Å². The molecule has 0 unspecified atom stereocenters. The van der Waals surface area contributed by atoms with Crippen molar-refractivity contribution < 1.29 is 24.6 Å². The minimum absolute atomic E-state index is 0.278. The molecule has 0 aromatic heterocycles. The Morgan fingerprint density at radius 1 is 1.44 bits per heavy atom. The van der Waals surface area contributed by atoms with Crippen LogP contribution in [0, 0.1) is 0 Å². The second-order valence-electron chi connectivity index (χ2n) is 0.866. The Morgan fingerprint density at radius 3 is 1.56 bits per heavy atom. The number of carbonyl (C=O) groups is 1. The van der Waals surface area contributed by atoms with Crippen molar-refractivity contribution in [2.45, 2.75) is 0 Å². The summed E-state index contributed by atoms with van der Waals surface area (Å²) in [5.74, 6) is -0.968. The van der Waals surface area contributed by atoms with Gasteiger partial charge in [0.25, 0.3) is 0 Å². The quantitative estimate of drug-likeness (QED) is 0.286. The van der Waals surface area contributed by atoms with E-state index in [0.29, 0.717) is 0 Å². The molecule has 0 atom stereocenters. The fraction of sp³-hybridized carbons (Fsp3) is 0.500. The molecule has 0 aromatic rings. The van der Waals surface area contributed by atoms with E-state index in [1.165, 1.54) is 0 Å². The molecule has 0 fully saturated rings. The number of carboxylic acid groups (broad SMARTS) is 1. The molecule has 0 bridgehead atoms. The second kappa shape index (κ2) is 7.74. The molecule has 0 aromatic carbocycles. The van der Waals surface area contributed by atoms with E-state index in [-0.39, 0.29) is 6.54 Å². The molecular formula is C2H8NO5P. The highest BCUT2D eigenvalue weighted by Gasteiger charge is 1.81. The van der Waals surface area contributed by atoms with Gasteiger partial charge in [-0.3, -0.25) is 4.79 Å². The van der Waals surface area contributed by atoms with Crippen molar-refractivity contribution in [3.8, 4) is 0 Å². The van der Waals surface area contributed by atoms with Crippen LogP contribution in [0.5, 0.6) is 0 Å². The normalized spacial score (nSPS) is 8.11. The highest BCUT2D eigenvalue weighted by Crippen LogP contribution is 2.11. The van der Waals surface area contributed by atoms with Gasteiger partial charge in [-0.05, 0) is 0 Å². The lowest BCUT2D eigenvalue weighted by Gasteiger charge is -1.76. The van der Waals surface area contributed by atoms with Gasteiger partial charge in [-0.25, -0.2) is 0 Å². The van der Waals surface area contributed by atoms with Gasteiger partial charge in [0.05, 0.1) is 6.54 Å². The molecule has 0 radical (unpaired) electrons. The first-order valence-corrected chi connectivity index (χ1v) is 2.99. The van der Waals surface area contributed by atoms with Crippen LogP contribution in [-0.4, -0.2) is 32.3 Å². The zero-order valence-electron chi connectivity index (χ0n) is 4.43. The lowest BCUT2D eigenvalue weighted by atomic mass is 10.7. The van der Waals surface area contributed by atoms with Crippen LogP contribution in [0.3, 0.4) is 0 Å². The fourth-order valence-electron chi connectivity index (χ4n) is 0. The molecule has 0 saturated carbocycles. The molecule has 6 nitrogen and oxygen atoms in total. The highest BCUT2D eigenvalue weighted by molar-refractivity contribution is 7.38. The number of rotatable bonds is 1. The van der Waals surface area contributed by atoms with Crippen LogP contribution >= 0.6 is 8.60 Å². The summed E-state index contributed by atoms with van der Waals surface area (Å²) in [6.45, 7) is -0.278. The Hall–Kier alpha value is -0.260. The molecule has 0 rings (SSSR count). The van der Waals surface area contributed by atoms with Crippen LogP contribution in [0.25, 0.3) is 0 Å². The first-order valence-electron chi connectivity index (χ1n) is 1.79. The highest BCUT2D eigenvalue weighted by atomic mass is 31.2. The van der Waals surface area contributed by atoms with Crippen LogP contribution in [0.4, 0.5) is 0 Å². The van der Waals surface area contributed by atoms with Gasteiger partial charge in [0.2, 0.25) is 0 Å². The smallest absolute Gasteiger partial charge is 0.324 e. The van der Waals surface area contributed by atoms with Crippen molar-refractivity contribution in [3.05, 3.63) is 0 Å². The molecule has 0 aliphatic rings. The topological polar surface area (TPSA) is 124 Å². The number of hydrogen-bond acceptors (Lipinski definition) is 5. The van der Waals surface area contributed by atoms with Crippen LogP contribution in [-0.2, 0) is 4.79 Å². The molecule has 0 amide bonds. The number of nitrogens with two attached hydrogens (primary N) is 1. The second-order valence-corrected chi connectivity index (χ2v) is 1.40. The van der Waals surface area contributed by atoms with E-state index in [4.69, 9.17) is 19.8 Å². The van der Waals surface area contributed by atoms with E-state index in [1.807, 2.05) is 0 Å². The summed E-state index contributed by atoms with van der Waals surface area (Å²) in [6.07, 6.45) is 0. The fourth-order valence-corrected chi connectivity index (χ4v) is 0. The monoisotopic (exact) mass is 157 g/mol. The van der Waals surface area contributed by atoms with Gasteiger partial charge in [0, 0.05) is 0 Å². The molecule has 56 valence electrons. The average Bonchev–Trinajstić information content (AvgIpc) is 1.65. The maximum atomic E-state index is 9.24. The van der Waals surface area contributed by atoms with E-state index in [9.17, 15) is 4.79 Å². The van der Waals surface area contributed by atoms with Crippen molar-refractivity contribution in [3.63, 3.8) is 0 Å². The summed E-state index contributed by atoms with van der Waals surface area (Å²) in [5, 5.41) is 7.60. The van der Waals surface area contributed by atoms with Gasteiger partial charge in [-0.15, -0.1) is 0 Å². The van der Waals surface area contributed by atoms with Gasteiger partial charge < -0.3 is 25.5 Å². The Kier molecular flexibility index (Phi) is 9.91. The number of carboxylic acids is 1. The summed E-state index contributed by atoms with van der Waals surface area (Å²) in [5.41, 5.74) is 4.57. The largest absolute Gasteiger partial charge is 0.480 e. The van der Waals surface area contributed by atoms with E-state index in [2.05, 4.69) is 5.73 Å². The van der Waals surface area contributed by atoms with Crippen molar-refractivity contribution >= 4 is 14.6 Å². The Bertz CT molecular complexity index is 72.6. The summed E-state index contributed by atoms with van der Waals surface area (Å²) >= 11 is 0. The summed E-state index contributed by atoms with van der Waals surface area (Å²) < 4.78 is 0. The van der Waals surface area contributed by atoms with Gasteiger partial charge in [0.15, 0.2) is 0 Å². The lowest BCUT2D eigenvalue weighted by molar-refractivity contribution is -0.135. The van der Waals surface area contributed by atoms with E-state index in [0.717, 1.165) is 0 Å². The average molecular weight is 157 g/mol. The Morgan fingerprint density at radius 2 is 1.56 bits per heavy atom. The maximum Gasteiger partial charge on any atom is 0.324 e. The van der Waals surface area contributed by atoms with Crippen molar-refractivity contribution in [2.75, 3.05) is 6.54 Å². The maximum absolute atomic E-state index is 9.24. The zero-order valence-corrected chi connectivity index (χ0v) is 5.32. The Labute approximate surface area is 52.5 Å². The summed E-state index contributed by atoms with van der Waals surface area (Å²) in [6, 6.07) is 0. The first kappa shape index (κ1) is 11.5. The van der Waals surface area contributed by atoms with Crippen molar-refractivity contribution in [1.82, 2.24) is 0 Å². The van der Waals surface area contributed by atoms with Gasteiger partial charge in [-0.1, -0.05) is 0 Å². The van der Waals surface area contributed by atoms with Crippen LogP contribution < -0.4 is 5.73 Å². The third-order valence-corrected chi connectivity index (χ3v) is 0.175.